The zero-order chi connectivity index (χ0) is 12.8. The van der Waals surface area contributed by atoms with Crippen molar-refractivity contribution in [2.45, 2.75) is 19.9 Å². The molecule has 0 bridgehead atoms. The van der Waals surface area contributed by atoms with E-state index in [-0.39, 0.29) is 24.5 Å². The molecule has 2 N–H and O–H groups in total. The lowest BCUT2D eigenvalue weighted by Crippen LogP contribution is -2.55. The first-order valence-electron chi connectivity index (χ1n) is 6.38. The zero-order valence-corrected chi connectivity index (χ0v) is 11.1. The molecule has 5 nitrogen and oxygen atoms in total. The number of nitrogens with zero attached hydrogens (tertiary/aromatic N) is 2. The summed E-state index contributed by atoms with van der Waals surface area (Å²) in [4.78, 5) is 16.3. The standard InChI is InChI=1S/C12H25N3O2/c1-10(2)11(14(3)8-9-16)12(17)15-6-4-13-5-7-15/h10-11,13,16H,4-9H2,1-3H3. The lowest BCUT2D eigenvalue weighted by Gasteiger charge is -2.36. The van der Waals surface area contributed by atoms with Gasteiger partial charge in [0.2, 0.25) is 5.91 Å². The molecule has 1 aliphatic rings. The third kappa shape index (κ3) is 3.94. The van der Waals surface area contributed by atoms with Gasteiger partial charge in [-0.2, -0.15) is 0 Å². The molecule has 1 unspecified atom stereocenters. The summed E-state index contributed by atoms with van der Waals surface area (Å²) in [5.74, 6) is 0.450. The van der Waals surface area contributed by atoms with Gasteiger partial charge >= 0.3 is 0 Å². The number of amides is 1. The maximum atomic E-state index is 12.4. The lowest BCUT2D eigenvalue weighted by molar-refractivity contribution is -0.138. The lowest BCUT2D eigenvalue weighted by atomic mass is 10.0. The highest BCUT2D eigenvalue weighted by Gasteiger charge is 2.30. The second-order valence-electron chi connectivity index (χ2n) is 4.97. The second kappa shape index (κ2) is 6.93. The SMILES string of the molecule is CC(C)C(C(=O)N1CCNCC1)N(C)CCO. The van der Waals surface area contributed by atoms with Gasteiger partial charge in [-0.15, -0.1) is 0 Å². The van der Waals surface area contributed by atoms with Gasteiger partial charge in [0.05, 0.1) is 12.6 Å². The Kier molecular flexibility index (Phi) is 5.88. The Labute approximate surface area is 104 Å². The molecule has 0 aromatic carbocycles. The Morgan fingerprint density at radius 3 is 2.47 bits per heavy atom. The zero-order valence-electron chi connectivity index (χ0n) is 11.1. The third-order valence-corrected chi connectivity index (χ3v) is 3.24. The molecule has 1 fully saturated rings. The summed E-state index contributed by atoms with van der Waals surface area (Å²) in [6.45, 7) is 8.07. The number of hydrogen-bond donors (Lipinski definition) is 2. The third-order valence-electron chi connectivity index (χ3n) is 3.24. The van der Waals surface area contributed by atoms with Gasteiger partial charge in [-0.05, 0) is 13.0 Å². The summed E-state index contributed by atoms with van der Waals surface area (Å²) in [7, 11) is 1.90. The molecule has 1 atom stereocenters. The highest BCUT2D eigenvalue weighted by molar-refractivity contribution is 5.82. The summed E-state index contributed by atoms with van der Waals surface area (Å²) < 4.78 is 0. The Morgan fingerprint density at radius 2 is 2.00 bits per heavy atom. The molecule has 0 saturated carbocycles. The Balaban J connectivity index is 2.65. The van der Waals surface area contributed by atoms with Crippen LogP contribution in [0.15, 0.2) is 0 Å². The minimum Gasteiger partial charge on any atom is -0.395 e. The van der Waals surface area contributed by atoms with Crippen LogP contribution in [0.3, 0.4) is 0 Å². The topological polar surface area (TPSA) is 55.8 Å². The molecule has 17 heavy (non-hydrogen) atoms. The van der Waals surface area contributed by atoms with Crippen LogP contribution in [0.25, 0.3) is 0 Å². The fraction of sp³-hybridized carbons (Fsp3) is 0.917. The fourth-order valence-electron chi connectivity index (χ4n) is 2.35. The molecule has 0 aromatic heterocycles. The number of piperazine rings is 1. The van der Waals surface area contributed by atoms with Gasteiger partial charge in [-0.25, -0.2) is 0 Å². The monoisotopic (exact) mass is 243 g/mol. The van der Waals surface area contributed by atoms with Crippen LogP contribution in [0.1, 0.15) is 13.8 Å². The highest BCUT2D eigenvalue weighted by Crippen LogP contribution is 2.13. The Morgan fingerprint density at radius 1 is 1.41 bits per heavy atom. The van der Waals surface area contributed by atoms with Gasteiger partial charge in [0.15, 0.2) is 0 Å². The van der Waals surface area contributed by atoms with Gasteiger partial charge in [0.25, 0.3) is 0 Å². The van der Waals surface area contributed by atoms with Crippen LogP contribution in [0.5, 0.6) is 0 Å². The van der Waals surface area contributed by atoms with Crippen LogP contribution in [0, 0.1) is 5.92 Å². The van der Waals surface area contributed by atoms with E-state index < -0.39 is 0 Å². The first-order chi connectivity index (χ1) is 8.07. The Bertz CT molecular complexity index is 240. The summed E-state index contributed by atoms with van der Waals surface area (Å²) in [5.41, 5.74) is 0. The van der Waals surface area contributed by atoms with Gasteiger partial charge in [0, 0.05) is 32.7 Å². The van der Waals surface area contributed by atoms with Crippen LogP contribution in [-0.4, -0.2) is 73.2 Å². The van der Waals surface area contributed by atoms with Crippen molar-refractivity contribution in [3.8, 4) is 0 Å². The number of likely N-dealkylation sites (N-methyl/N-ethyl adjacent to an activating group) is 1. The smallest absolute Gasteiger partial charge is 0.240 e. The van der Waals surface area contributed by atoms with Gasteiger partial charge in [-0.1, -0.05) is 13.8 Å². The molecule has 0 aliphatic carbocycles. The van der Waals surface area contributed by atoms with Crippen molar-refractivity contribution in [2.24, 2.45) is 5.92 Å². The maximum Gasteiger partial charge on any atom is 0.240 e. The van der Waals surface area contributed by atoms with Gasteiger partial charge in [0.1, 0.15) is 0 Å². The second-order valence-corrected chi connectivity index (χ2v) is 4.97. The summed E-state index contributed by atoms with van der Waals surface area (Å²) in [6, 6.07) is -0.125. The van der Waals surface area contributed by atoms with Crippen molar-refractivity contribution in [3.63, 3.8) is 0 Å². The van der Waals surface area contributed by atoms with Crippen molar-refractivity contribution >= 4 is 5.91 Å². The number of hydrogen-bond acceptors (Lipinski definition) is 4. The van der Waals surface area contributed by atoms with Crippen LogP contribution in [0.4, 0.5) is 0 Å². The molecule has 1 amide bonds. The maximum absolute atomic E-state index is 12.4. The number of carbonyl (C=O) groups is 1. The predicted octanol–water partition coefficient (Wildman–Crippen LogP) is -0.633. The quantitative estimate of drug-likeness (QED) is 0.675. The first-order valence-corrected chi connectivity index (χ1v) is 6.38. The van der Waals surface area contributed by atoms with E-state index in [4.69, 9.17) is 5.11 Å². The largest absolute Gasteiger partial charge is 0.395 e. The molecule has 100 valence electrons. The van der Waals surface area contributed by atoms with Crippen molar-refractivity contribution in [3.05, 3.63) is 0 Å². The number of carbonyl (C=O) groups excluding carboxylic acids is 1. The van der Waals surface area contributed by atoms with Gasteiger partial charge in [-0.3, -0.25) is 9.69 Å². The van der Waals surface area contributed by atoms with E-state index in [1.54, 1.807) is 0 Å². The molecule has 1 saturated heterocycles. The van der Waals surface area contributed by atoms with Gasteiger partial charge < -0.3 is 15.3 Å². The molecule has 0 aromatic rings. The molecule has 0 spiro atoms. The average Bonchev–Trinajstić information content (AvgIpc) is 2.30. The normalized spacial score (nSPS) is 18.8. The van der Waals surface area contributed by atoms with E-state index in [1.807, 2.05) is 16.8 Å². The van der Waals surface area contributed by atoms with E-state index in [0.717, 1.165) is 26.2 Å². The number of nitrogens with one attached hydrogen (secondary N) is 1. The van der Waals surface area contributed by atoms with E-state index >= 15 is 0 Å². The van der Waals surface area contributed by atoms with Crippen LogP contribution in [0.2, 0.25) is 0 Å². The van der Waals surface area contributed by atoms with Crippen LogP contribution < -0.4 is 5.32 Å². The van der Waals surface area contributed by atoms with Crippen molar-refractivity contribution < 1.29 is 9.90 Å². The van der Waals surface area contributed by atoms with Crippen LogP contribution in [-0.2, 0) is 4.79 Å². The average molecular weight is 243 g/mol. The molecule has 1 rings (SSSR count). The fourth-order valence-corrected chi connectivity index (χ4v) is 2.35. The summed E-state index contributed by atoms with van der Waals surface area (Å²) >= 11 is 0. The van der Waals surface area contributed by atoms with E-state index in [0.29, 0.717) is 6.54 Å². The number of rotatable bonds is 5. The van der Waals surface area contributed by atoms with Crippen molar-refractivity contribution in [1.29, 1.82) is 0 Å². The molecule has 1 aliphatic heterocycles. The van der Waals surface area contributed by atoms with E-state index in [2.05, 4.69) is 19.2 Å². The molecule has 0 radical (unpaired) electrons. The molecule has 1 heterocycles. The minimum atomic E-state index is -0.125. The first kappa shape index (κ1) is 14.4. The predicted molar refractivity (Wildman–Crippen MR) is 67.8 cm³/mol. The van der Waals surface area contributed by atoms with E-state index in [1.165, 1.54) is 0 Å². The highest BCUT2D eigenvalue weighted by atomic mass is 16.3. The minimum absolute atomic E-state index is 0.0918. The Hall–Kier alpha value is -0.650. The molecular formula is C12H25N3O2. The van der Waals surface area contributed by atoms with Crippen LogP contribution >= 0.6 is 0 Å². The number of aliphatic hydroxyl groups is 1. The summed E-state index contributed by atoms with van der Waals surface area (Å²) in [5, 5.41) is 12.2. The van der Waals surface area contributed by atoms with Crippen molar-refractivity contribution in [2.75, 3.05) is 46.4 Å². The van der Waals surface area contributed by atoms with E-state index in [9.17, 15) is 4.79 Å². The molecule has 5 heteroatoms. The summed E-state index contributed by atoms with van der Waals surface area (Å²) in [6.07, 6.45) is 0. The number of aliphatic hydroxyl groups excluding tert-OH is 1. The molecular weight excluding hydrogens is 218 g/mol. The van der Waals surface area contributed by atoms with Crippen molar-refractivity contribution in [1.82, 2.24) is 15.1 Å².